The number of unbranched alkanes of at least 4 members (excludes halogenated alkanes) is 19. The highest BCUT2D eigenvalue weighted by Crippen LogP contribution is 2.47. The van der Waals surface area contributed by atoms with Gasteiger partial charge in [0, 0.05) is 12.8 Å². The van der Waals surface area contributed by atoms with E-state index in [1.54, 1.807) is 0 Å². The van der Waals surface area contributed by atoms with E-state index in [2.05, 4.69) is 62.5 Å². The number of ether oxygens (including phenoxy) is 2. The van der Waals surface area contributed by atoms with Gasteiger partial charge >= 0.3 is 19.8 Å². The molecule has 13 nitrogen and oxygen atoms in total. The molecule has 1 aliphatic rings. The molecule has 1 saturated carbocycles. The number of hydrogen-bond acceptors (Lipinski definition) is 12. The molecule has 0 aromatic heterocycles. The highest BCUT2D eigenvalue weighted by molar-refractivity contribution is 7.47. The molecule has 8 atom stereocenters. The van der Waals surface area contributed by atoms with Gasteiger partial charge in [0.1, 0.15) is 43.2 Å². The molecular formula is C51H89O13P. The largest absolute Gasteiger partial charge is 0.472 e. The predicted molar refractivity (Wildman–Crippen MR) is 258 cm³/mol. The first-order chi connectivity index (χ1) is 31.4. The fourth-order valence-electron chi connectivity index (χ4n) is 7.27. The van der Waals surface area contributed by atoms with Crippen LogP contribution in [0.4, 0.5) is 0 Å². The van der Waals surface area contributed by atoms with Crippen LogP contribution in [-0.2, 0) is 32.7 Å². The average Bonchev–Trinajstić information content (AvgIpc) is 3.29. The van der Waals surface area contributed by atoms with Gasteiger partial charge in [-0.15, -0.1) is 0 Å². The van der Waals surface area contributed by atoms with E-state index in [4.69, 9.17) is 18.5 Å². The van der Waals surface area contributed by atoms with Crippen LogP contribution in [-0.4, -0.2) is 98.3 Å². The van der Waals surface area contributed by atoms with Crippen molar-refractivity contribution in [3.63, 3.8) is 0 Å². The van der Waals surface area contributed by atoms with Crippen molar-refractivity contribution in [3.05, 3.63) is 60.8 Å². The van der Waals surface area contributed by atoms with Crippen molar-refractivity contribution in [1.82, 2.24) is 0 Å². The first kappa shape index (κ1) is 60.6. The summed E-state index contributed by atoms with van der Waals surface area (Å²) in [7, 11) is -5.14. The molecule has 1 aliphatic carbocycles. The number of aliphatic hydroxyl groups is 5. The minimum atomic E-state index is -5.14. The van der Waals surface area contributed by atoms with Gasteiger partial charge in [0.2, 0.25) is 0 Å². The van der Waals surface area contributed by atoms with Crippen molar-refractivity contribution in [1.29, 1.82) is 0 Å². The zero-order valence-corrected chi connectivity index (χ0v) is 40.9. The molecule has 0 aromatic carbocycles. The Labute approximate surface area is 392 Å². The van der Waals surface area contributed by atoms with Crippen LogP contribution < -0.4 is 0 Å². The number of allylic oxidation sites excluding steroid dienone is 10. The summed E-state index contributed by atoms with van der Waals surface area (Å²) in [5, 5.41) is 50.2. The Morgan fingerprint density at radius 1 is 0.477 bits per heavy atom. The minimum absolute atomic E-state index is 0.0175. The Kier molecular flexibility index (Phi) is 37.8. The van der Waals surface area contributed by atoms with Crippen molar-refractivity contribution >= 4 is 19.8 Å². The normalized spacial score (nSPS) is 21.9. The third-order valence-corrected chi connectivity index (χ3v) is 12.3. The zero-order valence-electron chi connectivity index (χ0n) is 40.0. The van der Waals surface area contributed by atoms with Gasteiger partial charge < -0.3 is 39.9 Å². The summed E-state index contributed by atoms with van der Waals surface area (Å²) < 4.78 is 33.5. The number of carbonyl (C=O) groups excluding carboxylic acids is 2. The topological polar surface area (TPSA) is 210 Å². The summed E-state index contributed by atoms with van der Waals surface area (Å²) in [6.45, 7) is 3.25. The van der Waals surface area contributed by atoms with Crippen molar-refractivity contribution in [2.45, 2.75) is 236 Å². The molecule has 0 spiro atoms. The minimum Gasteiger partial charge on any atom is -0.462 e. The number of rotatable bonds is 41. The molecule has 0 amide bonds. The van der Waals surface area contributed by atoms with Crippen LogP contribution in [0.15, 0.2) is 60.8 Å². The second kappa shape index (κ2) is 40.6. The van der Waals surface area contributed by atoms with Crippen LogP contribution in [0, 0.1) is 0 Å². The van der Waals surface area contributed by atoms with E-state index in [1.165, 1.54) is 83.5 Å². The molecule has 0 saturated heterocycles. The molecule has 0 aromatic rings. The summed E-state index contributed by atoms with van der Waals surface area (Å²) in [6, 6.07) is 0. The number of aliphatic hydroxyl groups excluding tert-OH is 5. The van der Waals surface area contributed by atoms with Gasteiger partial charge in [-0.3, -0.25) is 18.6 Å². The Morgan fingerprint density at radius 2 is 0.846 bits per heavy atom. The predicted octanol–water partition coefficient (Wildman–Crippen LogP) is 10.5. The van der Waals surface area contributed by atoms with E-state index in [0.29, 0.717) is 19.3 Å². The Bertz CT molecular complexity index is 1370. The van der Waals surface area contributed by atoms with Gasteiger partial charge in [0.05, 0.1) is 6.61 Å². The lowest BCUT2D eigenvalue weighted by Gasteiger charge is -2.41. The molecule has 14 heteroatoms. The van der Waals surface area contributed by atoms with E-state index in [9.17, 15) is 44.6 Å². The summed E-state index contributed by atoms with van der Waals surface area (Å²) in [5.74, 6) is -1.18. The lowest BCUT2D eigenvalue weighted by Crippen LogP contribution is -2.64. The molecule has 0 radical (unpaired) electrons. The van der Waals surface area contributed by atoms with Crippen molar-refractivity contribution in [2.24, 2.45) is 0 Å². The summed E-state index contributed by atoms with van der Waals surface area (Å²) in [5.41, 5.74) is 0. The summed E-state index contributed by atoms with van der Waals surface area (Å²) in [6.07, 6.45) is 37.1. The average molecular weight is 941 g/mol. The smallest absolute Gasteiger partial charge is 0.462 e. The van der Waals surface area contributed by atoms with E-state index in [0.717, 1.165) is 64.2 Å². The SMILES string of the molecule is CCCCCCCC/C=C/CCCCCCCC(=O)OC[C@H](COP(=O)(O)OC1C(O)C(O)C(O)[C@@H](O)C1O)OC(=O)CCC/C=C/C/C=C/C/C=C/C/C=C/CCCCCCCCC. The van der Waals surface area contributed by atoms with Gasteiger partial charge in [-0.05, 0) is 77.0 Å². The van der Waals surface area contributed by atoms with Crippen molar-refractivity contribution in [2.75, 3.05) is 13.2 Å². The van der Waals surface area contributed by atoms with Gasteiger partial charge in [0.25, 0.3) is 0 Å². The van der Waals surface area contributed by atoms with Crippen LogP contribution in [0.5, 0.6) is 0 Å². The van der Waals surface area contributed by atoms with Crippen LogP contribution in [0.3, 0.4) is 0 Å². The quantitative estimate of drug-likeness (QED) is 0.0146. The molecule has 6 N–H and O–H groups in total. The molecule has 0 bridgehead atoms. The lowest BCUT2D eigenvalue weighted by molar-refractivity contribution is -0.220. The van der Waals surface area contributed by atoms with E-state index in [1.807, 2.05) is 12.2 Å². The number of carbonyl (C=O) groups is 2. The fourth-order valence-corrected chi connectivity index (χ4v) is 8.25. The number of hydrogen-bond donors (Lipinski definition) is 6. The second-order valence-electron chi connectivity index (χ2n) is 17.3. The summed E-state index contributed by atoms with van der Waals surface area (Å²) >= 11 is 0. The Balaban J connectivity index is 2.47. The van der Waals surface area contributed by atoms with E-state index >= 15 is 0 Å². The fraction of sp³-hybridized carbons (Fsp3) is 0.765. The third-order valence-electron chi connectivity index (χ3n) is 11.3. The zero-order chi connectivity index (χ0) is 47.8. The van der Waals surface area contributed by atoms with Gasteiger partial charge in [0.15, 0.2) is 6.10 Å². The van der Waals surface area contributed by atoms with Gasteiger partial charge in [-0.25, -0.2) is 4.57 Å². The highest BCUT2D eigenvalue weighted by Gasteiger charge is 2.51. The number of esters is 2. The van der Waals surface area contributed by atoms with Gasteiger partial charge in [-0.1, -0.05) is 164 Å². The molecule has 0 aliphatic heterocycles. The monoisotopic (exact) mass is 941 g/mol. The van der Waals surface area contributed by atoms with E-state index < -0.39 is 75.7 Å². The maximum Gasteiger partial charge on any atom is 0.472 e. The van der Waals surface area contributed by atoms with Crippen molar-refractivity contribution in [3.8, 4) is 0 Å². The molecular weight excluding hydrogens is 852 g/mol. The molecule has 65 heavy (non-hydrogen) atoms. The van der Waals surface area contributed by atoms with Gasteiger partial charge in [-0.2, -0.15) is 0 Å². The first-order valence-electron chi connectivity index (χ1n) is 25.1. The standard InChI is InChI=1S/C51H89O13P/c1-3-5-7-9-11-13-15-17-19-20-21-22-23-24-26-28-30-32-34-36-38-40-45(53)63-43(42-62-65(59,60)64-51-49(57)47(55)46(54)48(56)50(51)58)41-61-44(52)39-37-35-33-31-29-27-25-18-16-14-12-10-8-6-4-2/h18-20,22-23,25-26,28,32,34,43,46-51,54-58H,3-17,21,24,27,29-31,33,35-42H2,1-2H3,(H,59,60)/b20-19+,23-22+,25-18+,28-26+,34-32+/t43-,46?,47-,48?,49?,50?,51?/m1/s1. The van der Waals surface area contributed by atoms with Crippen molar-refractivity contribution < 1.29 is 63.1 Å². The molecule has 6 unspecified atom stereocenters. The molecule has 376 valence electrons. The third kappa shape index (κ3) is 32.8. The maximum absolute atomic E-state index is 12.8. The Morgan fingerprint density at radius 3 is 1.32 bits per heavy atom. The number of phosphoric ester groups is 1. The molecule has 0 heterocycles. The second-order valence-corrected chi connectivity index (χ2v) is 18.7. The highest BCUT2D eigenvalue weighted by atomic mass is 31.2. The van der Waals surface area contributed by atoms with E-state index in [-0.39, 0.29) is 12.8 Å². The summed E-state index contributed by atoms with van der Waals surface area (Å²) in [4.78, 5) is 35.7. The molecule has 1 rings (SSSR count). The van der Waals surface area contributed by atoms with Crippen LogP contribution in [0.1, 0.15) is 194 Å². The van der Waals surface area contributed by atoms with Crippen LogP contribution in [0.25, 0.3) is 0 Å². The maximum atomic E-state index is 12.8. The Hall–Kier alpha value is -2.45. The lowest BCUT2D eigenvalue weighted by atomic mass is 9.85. The first-order valence-corrected chi connectivity index (χ1v) is 26.6. The van der Waals surface area contributed by atoms with Crippen LogP contribution in [0.2, 0.25) is 0 Å². The van der Waals surface area contributed by atoms with Crippen LogP contribution >= 0.6 is 7.82 Å². The molecule has 1 fully saturated rings. The number of phosphoric acid groups is 1.